The quantitative estimate of drug-likeness (QED) is 0.745. The van der Waals surface area contributed by atoms with E-state index in [2.05, 4.69) is 4.98 Å². The Bertz CT molecular complexity index is 364. The Morgan fingerprint density at radius 3 is 2.79 bits per heavy atom. The van der Waals surface area contributed by atoms with E-state index in [1.807, 2.05) is 6.07 Å². The third-order valence-corrected chi connectivity index (χ3v) is 3.10. The molecule has 0 unspecified atom stereocenters. The minimum absolute atomic E-state index is 0.0168. The van der Waals surface area contributed by atoms with Gasteiger partial charge < -0.3 is 10.7 Å². The Labute approximate surface area is 83.3 Å². The second-order valence-electron chi connectivity index (χ2n) is 3.93. The monoisotopic (exact) mass is 192 g/mol. The second-order valence-corrected chi connectivity index (χ2v) is 3.93. The molecule has 0 radical (unpaired) electrons. The number of aromatic amines is 1. The maximum absolute atomic E-state index is 11.5. The molecule has 0 aromatic carbocycles. The van der Waals surface area contributed by atoms with Crippen molar-refractivity contribution >= 4 is 0 Å². The molecule has 2 rings (SSSR count). The Kier molecular flexibility index (Phi) is 2.68. The van der Waals surface area contributed by atoms with Gasteiger partial charge in [-0.25, -0.2) is 0 Å². The van der Waals surface area contributed by atoms with E-state index < -0.39 is 0 Å². The molecule has 14 heavy (non-hydrogen) atoms. The minimum atomic E-state index is -0.0168. The summed E-state index contributed by atoms with van der Waals surface area (Å²) in [5, 5.41) is 0. The van der Waals surface area contributed by atoms with Crippen LogP contribution >= 0.6 is 0 Å². The summed E-state index contributed by atoms with van der Waals surface area (Å²) in [6, 6.07) is 2.01. The van der Waals surface area contributed by atoms with Crippen molar-refractivity contribution in [3.05, 3.63) is 33.7 Å². The normalized spacial score (nSPS) is 17.5. The zero-order valence-electron chi connectivity index (χ0n) is 8.25. The van der Waals surface area contributed by atoms with Gasteiger partial charge in [0.2, 0.25) is 0 Å². The summed E-state index contributed by atoms with van der Waals surface area (Å²) in [4.78, 5) is 14.2. The molecule has 0 atom stereocenters. The molecule has 0 aliphatic heterocycles. The average Bonchev–Trinajstić information content (AvgIpc) is 2.70. The lowest BCUT2D eigenvalue weighted by Crippen LogP contribution is -2.19. The summed E-state index contributed by atoms with van der Waals surface area (Å²) in [7, 11) is 0. The largest absolute Gasteiger partial charge is 0.329 e. The zero-order valence-corrected chi connectivity index (χ0v) is 8.25. The van der Waals surface area contributed by atoms with Crippen LogP contribution in [-0.2, 0) is 6.54 Å². The fraction of sp³-hybridized carbons (Fsp3) is 0.545. The molecular formula is C11H16N2O. The lowest BCUT2D eigenvalue weighted by atomic mass is 9.94. The lowest BCUT2D eigenvalue weighted by Gasteiger charge is -2.12. The Balaban J connectivity index is 2.40. The molecule has 1 aliphatic rings. The smallest absolute Gasteiger partial charge is 0.252 e. The van der Waals surface area contributed by atoms with Crippen LogP contribution in [0.5, 0.6) is 0 Å². The van der Waals surface area contributed by atoms with Crippen LogP contribution in [0.2, 0.25) is 0 Å². The second kappa shape index (κ2) is 3.96. The SMILES string of the molecule is NCc1c(C2CCCC2)cc[nH]c1=O. The van der Waals surface area contributed by atoms with E-state index >= 15 is 0 Å². The van der Waals surface area contributed by atoms with Crippen molar-refractivity contribution in [1.82, 2.24) is 4.98 Å². The van der Waals surface area contributed by atoms with Crippen LogP contribution in [0.3, 0.4) is 0 Å². The van der Waals surface area contributed by atoms with Crippen LogP contribution in [-0.4, -0.2) is 4.98 Å². The number of hydrogen-bond donors (Lipinski definition) is 2. The molecule has 1 fully saturated rings. The van der Waals surface area contributed by atoms with Gasteiger partial charge in [-0.15, -0.1) is 0 Å². The molecular weight excluding hydrogens is 176 g/mol. The van der Waals surface area contributed by atoms with Crippen LogP contribution in [0.25, 0.3) is 0 Å². The van der Waals surface area contributed by atoms with Crippen molar-refractivity contribution in [1.29, 1.82) is 0 Å². The summed E-state index contributed by atoms with van der Waals surface area (Å²) in [5.41, 5.74) is 7.53. The number of nitrogens with two attached hydrogens (primary N) is 1. The van der Waals surface area contributed by atoms with Crippen LogP contribution in [0.1, 0.15) is 42.7 Å². The Hall–Kier alpha value is -1.09. The van der Waals surface area contributed by atoms with Crippen LogP contribution in [0, 0.1) is 0 Å². The predicted molar refractivity (Wildman–Crippen MR) is 56.2 cm³/mol. The van der Waals surface area contributed by atoms with E-state index in [4.69, 9.17) is 5.73 Å². The maximum atomic E-state index is 11.5. The number of nitrogens with one attached hydrogen (secondary N) is 1. The molecule has 3 nitrogen and oxygen atoms in total. The van der Waals surface area contributed by atoms with Crippen LogP contribution in [0.4, 0.5) is 0 Å². The molecule has 3 N–H and O–H groups in total. The zero-order chi connectivity index (χ0) is 9.97. The number of aromatic nitrogens is 1. The fourth-order valence-corrected chi connectivity index (χ4v) is 2.36. The number of hydrogen-bond acceptors (Lipinski definition) is 2. The van der Waals surface area contributed by atoms with Gasteiger partial charge in [-0.2, -0.15) is 0 Å². The third-order valence-electron chi connectivity index (χ3n) is 3.10. The van der Waals surface area contributed by atoms with Crippen molar-refractivity contribution in [3.63, 3.8) is 0 Å². The minimum Gasteiger partial charge on any atom is -0.329 e. The topological polar surface area (TPSA) is 58.9 Å². The van der Waals surface area contributed by atoms with E-state index in [-0.39, 0.29) is 5.56 Å². The lowest BCUT2D eigenvalue weighted by molar-refractivity contribution is 0.706. The average molecular weight is 192 g/mol. The summed E-state index contributed by atoms with van der Waals surface area (Å²) in [6.07, 6.45) is 6.70. The van der Waals surface area contributed by atoms with Gasteiger partial charge in [-0.3, -0.25) is 4.79 Å². The molecule has 1 aromatic heterocycles. The number of pyridine rings is 1. The van der Waals surface area contributed by atoms with Crippen molar-refractivity contribution in [2.45, 2.75) is 38.1 Å². The predicted octanol–water partition coefficient (Wildman–Crippen LogP) is 1.49. The van der Waals surface area contributed by atoms with Gasteiger partial charge in [-0.05, 0) is 30.4 Å². The first kappa shape index (κ1) is 9.46. The van der Waals surface area contributed by atoms with E-state index in [1.54, 1.807) is 6.20 Å². The molecule has 0 spiro atoms. The summed E-state index contributed by atoms with van der Waals surface area (Å²) in [5.74, 6) is 0.566. The van der Waals surface area contributed by atoms with Gasteiger partial charge in [0.05, 0.1) is 0 Å². The highest BCUT2D eigenvalue weighted by atomic mass is 16.1. The van der Waals surface area contributed by atoms with Crippen LogP contribution < -0.4 is 11.3 Å². The highest BCUT2D eigenvalue weighted by molar-refractivity contribution is 5.27. The Morgan fingerprint density at radius 2 is 2.14 bits per heavy atom. The van der Waals surface area contributed by atoms with Gasteiger partial charge >= 0.3 is 0 Å². The van der Waals surface area contributed by atoms with Gasteiger partial charge in [0.25, 0.3) is 5.56 Å². The van der Waals surface area contributed by atoms with Gasteiger partial charge in [-0.1, -0.05) is 12.8 Å². The third kappa shape index (κ3) is 1.60. The number of rotatable bonds is 2. The summed E-state index contributed by atoms with van der Waals surface area (Å²) >= 11 is 0. The van der Waals surface area contributed by atoms with E-state index in [9.17, 15) is 4.79 Å². The van der Waals surface area contributed by atoms with Crippen molar-refractivity contribution in [3.8, 4) is 0 Å². The first-order chi connectivity index (χ1) is 6.83. The van der Waals surface area contributed by atoms with Crippen LogP contribution in [0.15, 0.2) is 17.1 Å². The molecule has 1 heterocycles. The van der Waals surface area contributed by atoms with Gasteiger partial charge in [0, 0.05) is 18.3 Å². The number of H-pyrrole nitrogens is 1. The highest BCUT2D eigenvalue weighted by Gasteiger charge is 2.20. The molecule has 1 aliphatic carbocycles. The molecule has 0 bridgehead atoms. The molecule has 0 amide bonds. The fourth-order valence-electron chi connectivity index (χ4n) is 2.36. The molecule has 0 saturated heterocycles. The van der Waals surface area contributed by atoms with Gasteiger partial charge in [0.15, 0.2) is 0 Å². The Morgan fingerprint density at radius 1 is 1.43 bits per heavy atom. The standard InChI is InChI=1S/C11H16N2O/c12-7-10-9(5-6-13-11(10)14)8-3-1-2-4-8/h5-6,8H,1-4,7,12H2,(H,13,14). The molecule has 1 aromatic rings. The van der Waals surface area contributed by atoms with Gasteiger partial charge in [0.1, 0.15) is 0 Å². The summed E-state index contributed by atoms with van der Waals surface area (Å²) < 4.78 is 0. The molecule has 1 saturated carbocycles. The first-order valence-electron chi connectivity index (χ1n) is 5.23. The van der Waals surface area contributed by atoms with Crippen molar-refractivity contribution in [2.24, 2.45) is 5.73 Å². The summed E-state index contributed by atoms with van der Waals surface area (Å²) in [6.45, 7) is 0.349. The van der Waals surface area contributed by atoms with E-state index in [1.165, 1.54) is 31.2 Å². The van der Waals surface area contributed by atoms with Crippen molar-refractivity contribution < 1.29 is 0 Å². The van der Waals surface area contributed by atoms with E-state index in [0.717, 1.165) is 5.56 Å². The first-order valence-corrected chi connectivity index (χ1v) is 5.23. The van der Waals surface area contributed by atoms with Crippen molar-refractivity contribution in [2.75, 3.05) is 0 Å². The maximum Gasteiger partial charge on any atom is 0.252 e. The molecule has 3 heteroatoms. The molecule has 76 valence electrons. The highest BCUT2D eigenvalue weighted by Crippen LogP contribution is 2.34. The van der Waals surface area contributed by atoms with E-state index in [0.29, 0.717) is 12.5 Å².